The third-order valence-corrected chi connectivity index (χ3v) is 4.09. The highest BCUT2D eigenvalue weighted by atomic mass is 79.9. The number of rotatable bonds is 1. The first-order chi connectivity index (χ1) is 8.24. The molecule has 1 aromatic heterocycles. The lowest BCUT2D eigenvalue weighted by molar-refractivity contribution is 0.0776. The number of nitrogens with one attached hydrogen (secondary N) is 1. The molecule has 0 saturated carbocycles. The zero-order valence-electron chi connectivity index (χ0n) is 9.40. The van der Waals surface area contributed by atoms with E-state index in [1.54, 1.807) is 12.3 Å². The average Bonchev–Trinajstić information content (AvgIpc) is 2.89. The molecule has 1 aromatic rings. The normalized spacial score (nSPS) is 27.2. The number of aromatic nitrogens is 1. The van der Waals surface area contributed by atoms with E-state index in [1.807, 2.05) is 11.0 Å². The summed E-state index contributed by atoms with van der Waals surface area (Å²) in [6, 6.07) is 3.64. The van der Waals surface area contributed by atoms with Gasteiger partial charge in [0.1, 0.15) is 5.69 Å². The lowest BCUT2D eigenvalue weighted by Crippen LogP contribution is -2.32. The Labute approximate surface area is 109 Å². The van der Waals surface area contributed by atoms with E-state index < -0.39 is 0 Å². The summed E-state index contributed by atoms with van der Waals surface area (Å²) in [6.07, 6.45) is 1.67. The van der Waals surface area contributed by atoms with E-state index in [0.29, 0.717) is 17.5 Å². The number of halogens is 1. The first-order valence-electron chi connectivity index (χ1n) is 5.85. The zero-order chi connectivity index (χ0) is 11.8. The van der Waals surface area contributed by atoms with Crippen LogP contribution in [0.5, 0.6) is 0 Å². The Hall–Kier alpha value is -0.940. The van der Waals surface area contributed by atoms with E-state index in [9.17, 15) is 4.79 Å². The predicted molar refractivity (Wildman–Crippen MR) is 67.7 cm³/mol. The predicted octanol–water partition coefficient (Wildman–Crippen LogP) is 1.14. The number of likely N-dealkylation sites (tertiary alicyclic amines) is 1. The van der Waals surface area contributed by atoms with E-state index in [4.69, 9.17) is 0 Å². The molecule has 2 atom stereocenters. The number of carbonyl (C=O) groups is 1. The Kier molecular flexibility index (Phi) is 2.88. The molecule has 2 fully saturated rings. The second kappa shape index (κ2) is 4.38. The Morgan fingerprint density at radius 3 is 2.65 bits per heavy atom. The molecule has 2 unspecified atom stereocenters. The Morgan fingerprint density at radius 2 is 2.06 bits per heavy atom. The molecule has 0 spiro atoms. The van der Waals surface area contributed by atoms with Crippen molar-refractivity contribution in [2.24, 2.45) is 11.8 Å². The van der Waals surface area contributed by atoms with Crippen LogP contribution < -0.4 is 5.32 Å². The monoisotopic (exact) mass is 295 g/mol. The van der Waals surface area contributed by atoms with Gasteiger partial charge in [0.15, 0.2) is 0 Å². The van der Waals surface area contributed by atoms with Gasteiger partial charge in [-0.05, 0) is 39.9 Å². The number of nitrogens with zero attached hydrogens (tertiary/aromatic N) is 2. The third kappa shape index (κ3) is 2.09. The molecule has 0 radical (unpaired) electrons. The van der Waals surface area contributed by atoms with Gasteiger partial charge in [-0.25, -0.2) is 4.98 Å². The molecule has 1 amide bonds. The summed E-state index contributed by atoms with van der Waals surface area (Å²) in [5.41, 5.74) is 0.543. The van der Waals surface area contributed by atoms with Gasteiger partial charge in [0.2, 0.25) is 0 Å². The van der Waals surface area contributed by atoms with Crippen LogP contribution in [-0.2, 0) is 0 Å². The molecular weight excluding hydrogens is 282 g/mol. The zero-order valence-corrected chi connectivity index (χ0v) is 11.0. The first-order valence-corrected chi connectivity index (χ1v) is 6.65. The van der Waals surface area contributed by atoms with Crippen LogP contribution in [0.1, 0.15) is 10.5 Å². The third-order valence-electron chi connectivity index (χ3n) is 3.62. The van der Waals surface area contributed by atoms with Crippen LogP contribution in [0.15, 0.2) is 22.8 Å². The highest BCUT2D eigenvalue weighted by Gasteiger charge is 2.38. The summed E-state index contributed by atoms with van der Waals surface area (Å²) >= 11 is 3.32. The summed E-state index contributed by atoms with van der Waals surface area (Å²) in [7, 11) is 0. The lowest BCUT2D eigenvalue weighted by Gasteiger charge is -2.16. The van der Waals surface area contributed by atoms with Crippen LogP contribution in [0, 0.1) is 11.8 Å². The van der Waals surface area contributed by atoms with Gasteiger partial charge in [0, 0.05) is 36.8 Å². The second-order valence-electron chi connectivity index (χ2n) is 4.75. The minimum atomic E-state index is 0.0619. The maximum absolute atomic E-state index is 12.2. The minimum absolute atomic E-state index is 0.0619. The number of carbonyl (C=O) groups excluding carboxylic acids is 1. The topological polar surface area (TPSA) is 45.2 Å². The van der Waals surface area contributed by atoms with Crippen LogP contribution in [0.25, 0.3) is 0 Å². The molecule has 90 valence electrons. The largest absolute Gasteiger partial charge is 0.337 e. The van der Waals surface area contributed by atoms with Crippen LogP contribution in [0.3, 0.4) is 0 Å². The highest BCUT2D eigenvalue weighted by molar-refractivity contribution is 9.10. The molecule has 0 aliphatic carbocycles. The van der Waals surface area contributed by atoms with Crippen molar-refractivity contribution in [1.29, 1.82) is 0 Å². The lowest BCUT2D eigenvalue weighted by atomic mass is 10.0. The molecule has 5 heteroatoms. The van der Waals surface area contributed by atoms with Gasteiger partial charge in [-0.1, -0.05) is 0 Å². The van der Waals surface area contributed by atoms with Crippen LogP contribution in [-0.4, -0.2) is 42.0 Å². The van der Waals surface area contributed by atoms with Crippen LogP contribution in [0.4, 0.5) is 0 Å². The molecular formula is C12H14BrN3O. The van der Waals surface area contributed by atoms with Crippen molar-refractivity contribution in [3.63, 3.8) is 0 Å². The fourth-order valence-corrected chi connectivity index (χ4v) is 2.92. The van der Waals surface area contributed by atoms with E-state index in [-0.39, 0.29) is 5.91 Å². The number of hydrogen-bond acceptors (Lipinski definition) is 3. The Bertz CT molecular complexity index is 422. The van der Waals surface area contributed by atoms with E-state index in [1.165, 1.54) is 0 Å². The molecule has 3 heterocycles. The van der Waals surface area contributed by atoms with E-state index in [2.05, 4.69) is 26.2 Å². The number of fused-ring (bicyclic) bond motifs is 1. The van der Waals surface area contributed by atoms with Gasteiger partial charge in [-0.3, -0.25) is 4.79 Å². The summed E-state index contributed by atoms with van der Waals surface area (Å²) in [6.45, 7) is 3.83. The van der Waals surface area contributed by atoms with Crippen molar-refractivity contribution >= 4 is 21.8 Å². The van der Waals surface area contributed by atoms with Crippen molar-refractivity contribution in [2.75, 3.05) is 26.2 Å². The van der Waals surface area contributed by atoms with Crippen molar-refractivity contribution in [3.8, 4) is 0 Å². The highest BCUT2D eigenvalue weighted by Crippen LogP contribution is 2.27. The number of pyridine rings is 1. The summed E-state index contributed by atoms with van der Waals surface area (Å²) < 4.78 is 0.900. The summed E-state index contributed by atoms with van der Waals surface area (Å²) in [5.74, 6) is 1.33. The smallest absolute Gasteiger partial charge is 0.272 e. The molecule has 2 aliphatic rings. The molecule has 2 aliphatic heterocycles. The molecule has 2 saturated heterocycles. The van der Waals surface area contributed by atoms with Crippen molar-refractivity contribution in [2.45, 2.75) is 0 Å². The maximum atomic E-state index is 12.2. The Balaban J connectivity index is 1.73. The van der Waals surface area contributed by atoms with E-state index in [0.717, 1.165) is 30.7 Å². The van der Waals surface area contributed by atoms with Crippen molar-refractivity contribution in [3.05, 3.63) is 28.5 Å². The number of hydrogen-bond donors (Lipinski definition) is 1. The van der Waals surface area contributed by atoms with Crippen LogP contribution in [0.2, 0.25) is 0 Å². The molecule has 0 bridgehead atoms. The fourth-order valence-electron chi connectivity index (χ4n) is 2.69. The van der Waals surface area contributed by atoms with Crippen LogP contribution >= 0.6 is 15.9 Å². The van der Waals surface area contributed by atoms with Gasteiger partial charge in [0.05, 0.1) is 0 Å². The molecule has 4 nitrogen and oxygen atoms in total. The number of amides is 1. The maximum Gasteiger partial charge on any atom is 0.272 e. The second-order valence-corrected chi connectivity index (χ2v) is 5.67. The van der Waals surface area contributed by atoms with Gasteiger partial charge in [-0.2, -0.15) is 0 Å². The van der Waals surface area contributed by atoms with E-state index >= 15 is 0 Å². The first kappa shape index (κ1) is 11.2. The van der Waals surface area contributed by atoms with Gasteiger partial charge >= 0.3 is 0 Å². The van der Waals surface area contributed by atoms with Gasteiger partial charge in [0.25, 0.3) is 5.91 Å². The fraction of sp³-hybridized carbons (Fsp3) is 0.500. The van der Waals surface area contributed by atoms with Gasteiger partial charge < -0.3 is 10.2 Å². The summed E-state index contributed by atoms with van der Waals surface area (Å²) in [5, 5.41) is 3.37. The molecule has 17 heavy (non-hydrogen) atoms. The van der Waals surface area contributed by atoms with Crippen molar-refractivity contribution in [1.82, 2.24) is 15.2 Å². The quantitative estimate of drug-likeness (QED) is 0.845. The SMILES string of the molecule is O=C(c1ccc(Br)cn1)N1CC2CNCC2C1. The average molecular weight is 296 g/mol. The molecule has 3 rings (SSSR count). The standard InChI is InChI=1S/C12H14BrN3O/c13-10-1-2-11(15-5-10)12(17)16-6-8-3-14-4-9(8)7-16/h1-2,5,8-9,14H,3-4,6-7H2. The van der Waals surface area contributed by atoms with Gasteiger partial charge in [-0.15, -0.1) is 0 Å². The molecule has 1 N–H and O–H groups in total. The minimum Gasteiger partial charge on any atom is -0.337 e. The summed E-state index contributed by atoms with van der Waals surface area (Å²) in [4.78, 5) is 18.3. The molecule has 0 aromatic carbocycles. The Morgan fingerprint density at radius 1 is 1.35 bits per heavy atom. The van der Waals surface area contributed by atoms with Crippen molar-refractivity contribution < 1.29 is 4.79 Å².